The van der Waals surface area contributed by atoms with E-state index in [0.717, 1.165) is 5.56 Å². The van der Waals surface area contributed by atoms with Crippen molar-refractivity contribution in [2.45, 2.75) is 0 Å². The monoisotopic (exact) mass is 600 g/mol. The summed E-state index contributed by atoms with van der Waals surface area (Å²) in [5, 5.41) is 0. The van der Waals surface area contributed by atoms with Gasteiger partial charge in [0.1, 0.15) is 0 Å². The van der Waals surface area contributed by atoms with Crippen molar-refractivity contribution in [3.8, 4) is 4.20 Å². The maximum absolute atomic E-state index is 4.66. The van der Waals surface area contributed by atoms with Crippen LogP contribution in [0, 0.1) is 4.20 Å². The maximum atomic E-state index is 4.66. The molecule has 0 fully saturated rings. The molecule has 1 rings (SSSR count). The van der Waals surface area contributed by atoms with Gasteiger partial charge in [-0.15, -0.1) is 0 Å². The van der Waals surface area contributed by atoms with Crippen molar-refractivity contribution >= 4 is 39.9 Å². The molecule has 1 aromatic rings. The molecule has 0 radical (unpaired) electrons. The van der Waals surface area contributed by atoms with E-state index in [4.69, 9.17) is 0 Å². The number of benzene rings is 1. The molecule has 0 saturated carbocycles. The number of methoxy groups -OCH3 is 2. The van der Waals surface area contributed by atoms with Crippen LogP contribution in [0.5, 0.6) is 0 Å². The fourth-order valence-corrected chi connectivity index (χ4v) is 6.85. The summed E-state index contributed by atoms with van der Waals surface area (Å²) in [6, 6.07) is 10.1. The Morgan fingerprint density at radius 2 is 1.47 bits per heavy atom. The molecule has 0 aliphatic rings. The van der Waals surface area contributed by atoms with Gasteiger partial charge < -0.3 is 9.47 Å². The van der Waals surface area contributed by atoms with Crippen LogP contribution in [-0.4, -0.2) is 27.4 Å². The van der Waals surface area contributed by atoms with Crippen LogP contribution in [0.15, 0.2) is 30.3 Å². The van der Waals surface area contributed by atoms with Crippen LogP contribution >= 0.6 is 39.9 Å². The first kappa shape index (κ1) is 18.0. The topological polar surface area (TPSA) is 18.5 Å². The van der Waals surface area contributed by atoms with Crippen LogP contribution in [-0.2, 0) is 18.7 Å². The van der Waals surface area contributed by atoms with Crippen molar-refractivity contribution in [1.29, 1.82) is 0 Å². The Bertz CT molecular complexity index is 385. The predicted octanol–water partition coefficient (Wildman–Crippen LogP) is 4.36. The number of hydrogen-bond donors (Lipinski definition) is 0. The molecule has 6 heteroatoms. The van der Waals surface area contributed by atoms with E-state index in [1.165, 1.54) is 0 Å². The van der Waals surface area contributed by atoms with Crippen molar-refractivity contribution in [2.24, 2.45) is 0 Å². The number of ether oxygens (including phenoxy) is 2. The zero-order chi connectivity index (χ0) is 13.1. The van der Waals surface area contributed by atoms with E-state index >= 15 is 0 Å². The van der Waals surface area contributed by atoms with Crippen molar-refractivity contribution in [3.05, 3.63) is 35.9 Å². The van der Waals surface area contributed by atoms with E-state index in [0.29, 0.717) is 13.2 Å². The van der Waals surface area contributed by atoms with Gasteiger partial charge in [0, 0.05) is 14.2 Å². The quantitative estimate of drug-likeness (QED) is 0.479. The zero-order valence-electron chi connectivity index (χ0n) is 9.66. The van der Waals surface area contributed by atoms with Crippen molar-refractivity contribution in [1.82, 2.24) is 0 Å². The molecule has 98 valence electrons. The standard InChI is InChI=1S/C7H5.C4H10O2.3BrH.W/c1-7-5-3-2-4-6-7;1-5-3-4-6-2;;;;/h2-6H;3-4H2,1-2H3;3*1H;/q;;;;;+3/p-3. The molecule has 0 N–H and O–H groups in total. The molecule has 0 heterocycles. The number of hydrogen-bond acceptors (Lipinski definition) is 2. The molecular formula is C11H15Br3O2W. The molecule has 0 spiro atoms. The second kappa shape index (κ2) is 10.9. The third-order valence-electron chi connectivity index (χ3n) is 1.50. The van der Waals surface area contributed by atoms with Gasteiger partial charge in [-0.1, -0.05) is 0 Å². The van der Waals surface area contributed by atoms with Crippen LogP contribution in [0.3, 0.4) is 0 Å². The first-order valence-corrected chi connectivity index (χ1v) is 25.4. The second-order valence-corrected chi connectivity index (χ2v) is 51.7. The first-order valence-electron chi connectivity index (χ1n) is 4.72. The van der Waals surface area contributed by atoms with E-state index in [1.54, 1.807) is 14.2 Å². The van der Waals surface area contributed by atoms with Gasteiger partial charge in [0.05, 0.1) is 13.2 Å². The minimum atomic E-state index is -2.36. The Morgan fingerprint density at radius 3 is 1.82 bits per heavy atom. The average Bonchev–Trinajstić information content (AvgIpc) is 2.26. The van der Waals surface area contributed by atoms with Gasteiger partial charge in [-0.2, -0.15) is 0 Å². The Hall–Kier alpha value is 1.05. The zero-order valence-corrected chi connectivity index (χ0v) is 17.4. The van der Waals surface area contributed by atoms with Crippen molar-refractivity contribution in [2.75, 3.05) is 27.4 Å². The van der Waals surface area contributed by atoms with Gasteiger partial charge >= 0.3 is 89.2 Å². The first-order chi connectivity index (χ1) is 7.99. The number of halogens is 3. The summed E-state index contributed by atoms with van der Waals surface area (Å²) < 4.78 is 12.7. The third kappa shape index (κ3) is 13.3. The summed E-state index contributed by atoms with van der Waals surface area (Å²) in [7, 11) is 0.942. The molecule has 0 aliphatic heterocycles. The second-order valence-electron chi connectivity index (χ2n) is 2.86. The Labute approximate surface area is 125 Å². The van der Waals surface area contributed by atoms with E-state index in [2.05, 4.69) is 53.6 Å². The van der Waals surface area contributed by atoms with Crippen molar-refractivity contribution in [3.63, 3.8) is 0 Å². The predicted molar refractivity (Wildman–Crippen MR) is 80.0 cm³/mol. The summed E-state index contributed by atoms with van der Waals surface area (Å²) in [5.74, 6) is 0. The van der Waals surface area contributed by atoms with E-state index in [1.807, 2.05) is 30.3 Å². The van der Waals surface area contributed by atoms with Gasteiger partial charge in [0.25, 0.3) is 0 Å². The van der Waals surface area contributed by atoms with Crippen LogP contribution in [0.25, 0.3) is 0 Å². The van der Waals surface area contributed by atoms with Gasteiger partial charge in [-0.05, 0) is 0 Å². The molecule has 0 unspecified atom stereocenters. The Balaban J connectivity index is 0.000000366. The fraction of sp³-hybridized carbons (Fsp3) is 0.364. The molecule has 1 aromatic carbocycles. The summed E-state index contributed by atoms with van der Waals surface area (Å²) in [6.07, 6.45) is 0. The molecule has 0 aliphatic carbocycles. The minimum absolute atomic E-state index is 0.691. The van der Waals surface area contributed by atoms with Gasteiger partial charge in [0.15, 0.2) is 0 Å². The van der Waals surface area contributed by atoms with Crippen LogP contribution in [0.1, 0.15) is 5.56 Å². The molecule has 0 bridgehead atoms. The average molecular weight is 603 g/mol. The van der Waals surface area contributed by atoms with Crippen LogP contribution < -0.4 is 0 Å². The van der Waals surface area contributed by atoms with Crippen molar-refractivity contribution < 1.29 is 18.7 Å². The summed E-state index contributed by atoms with van der Waals surface area (Å²) in [5.41, 5.74) is 1.13. The molecule has 0 amide bonds. The SMILES string of the molecule is COCCOC.[Br][W]([Br])([Br])#[C]c1ccccc1. The molecular weight excluding hydrogens is 588 g/mol. The molecule has 0 atom stereocenters. The normalized spacial score (nSPS) is 10.2. The molecule has 2 nitrogen and oxygen atoms in total. The van der Waals surface area contributed by atoms with E-state index in [-0.39, 0.29) is 0 Å². The van der Waals surface area contributed by atoms with Gasteiger partial charge in [0.2, 0.25) is 0 Å². The summed E-state index contributed by atoms with van der Waals surface area (Å²) >= 11 is 10.6. The third-order valence-corrected chi connectivity index (χ3v) is 7.15. The van der Waals surface area contributed by atoms with Gasteiger partial charge in [-0.3, -0.25) is 0 Å². The van der Waals surface area contributed by atoms with E-state index < -0.39 is 9.23 Å². The molecule has 17 heavy (non-hydrogen) atoms. The summed E-state index contributed by atoms with van der Waals surface area (Å²) in [4.78, 5) is 0. The Morgan fingerprint density at radius 1 is 1.00 bits per heavy atom. The van der Waals surface area contributed by atoms with Crippen LogP contribution in [0.2, 0.25) is 0 Å². The number of rotatable bonds is 3. The molecule has 0 saturated heterocycles. The molecule has 0 aromatic heterocycles. The fourth-order valence-electron chi connectivity index (χ4n) is 0.806. The summed E-state index contributed by atoms with van der Waals surface area (Å²) in [6.45, 7) is 1.38. The van der Waals surface area contributed by atoms with E-state index in [9.17, 15) is 0 Å². The Kier molecular flexibility index (Phi) is 11.6. The van der Waals surface area contributed by atoms with Gasteiger partial charge in [-0.25, -0.2) is 0 Å². The van der Waals surface area contributed by atoms with Crippen LogP contribution in [0.4, 0.5) is 0 Å².